The molecule has 19 heavy (non-hydrogen) atoms. The molecule has 2 rings (SSSR count). The maximum atomic E-state index is 12.2. The number of nitrogens with two attached hydrogens (primary N) is 1. The van der Waals surface area contributed by atoms with Gasteiger partial charge in [0.15, 0.2) is 0 Å². The summed E-state index contributed by atoms with van der Waals surface area (Å²) in [5.41, 5.74) is 5.52. The van der Waals surface area contributed by atoms with Crippen LogP contribution in [0.3, 0.4) is 0 Å². The molecule has 100 valence electrons. The highest BCUT2D eigenvalue weighted by Crippen LogP contribution is 2.15. The maximum absolute atomic E-state index is 12.2. The highest BCUT2D eigenvalue weighted by molar-refractivity contribution is 7.09. The first-order valence-corrected chi connectivity index (χ1v) is 6.58. The fourth-order valence-electron chi connectivity index (χ4n) is 1.59. The molecule has 0 bridgehead atoms. The van der Waals surface area contributed by atoms with Gasteiger partial charge in [0, 0.05) is 11.9 Å². The van der Waals surface area contributed by atoms with Crippen LogP contribution in [0.1, 0.15) is 21.1 Å². The number of aromatic nitrogens is 2. The summed E-state index contributed by atoms with van der Waals surface area (Å²) in [7, 11) is 1.74. The van der Waals surface area contributed by atoms with Crippen LogP contribution < -0.4 is 11.3 Å². The monoisotopic (exact) mass is 277 g/mol. The molecule has 0 aromatic carbocycles. The standard InChI is InChI=1S/C12H15N5OS/c1-8-10(19-7-14-8)6-17(2)12(18)9-4-3-5-11(15-9)16-13/h3-5,7H,6,13H2,1-2H3,(H,15,16). The first-order valence-electron chi connectivity index (χ1n) is 5.70. The fraction of sp³-hybridized carbons (Fsp3) is 0.250. The Balaban J connectivity index is 2.12. The van der Waals surface area contributed by atoms with E-state index in [9.17, 15) is 4.79 Å². The van der Waals surface area contributed by atoms with Crippen LogP contribution in [-0.4, -0.2) is 27.8 Å². The Morgan fingerprint density at radius 1 is 1.53 bits per heavy atom. The van der Waals surface area contributed by atoms with Crippen molar-refractivity contribution in [2.24, 2.45) is 5.84 Å². The zero-order valence-electron chi connectivity index (χ0n) is 10.8. The van der Waals surface area contributed by atoms with Crippen molar-refractivity contribution in [3.8, 4) is 0 Å². The van der Waals surface area contributed by atoms with Gasteiger partial charge in [0.1, 0.15) is 11.5 Å². The van der Waals surface area contributed by atoms with Crippen LogP contribution >= 0.6 is 11.3 Å². The molecule has 7 heteroatoms. The number of rotatable bonds is 4. The Labute approximate surface area is 115 Å². The number of hydrogen-bond acceptors (Lipinski definition) is 6. The zero-order chi connectivity index (χ0) is 13.8. The van der Waals surface area contributed by atoms with E-state index in [4.69, 9.17) is 5.84 Å². The van der Waals surface area contributed by atoms with Crippen LogP contribution in [0.25, 0.3) is 0 Å². The molecule has 0 fully saturated rings. The average molecular weight is 277 g/mol. The van der Waals surface area contributed by atoms with Crippen molar-refractivity contribution in [2.45, 2.75) is 13.5 Å². The van der Waals surface area contributed by atoms with E-state index in [0.29, 0.717) is 18.1 Å². The third kappa shape index (κ3) is 3.07. The largest absolute Gasteiger partial charge is 0.335 e. The van der Waals surface area contributed by atoms with Gasteiger partial charge in [-0.2, -0.15) is 0 Å². The number of amides is 1. The minimum Gasteiger partial charge on any atom is -0.335 e. The highest BCUT2D eigenvalue weighted by Gasteiger charge is 2.15. The number of pyridine rings is 1. The second kappa shape index (κ2) is 5.77. The van der Waals surface area contributed by atoms with E-state index in [1.807, 2.05) is 6.92 Å². The van der Waals surface area contributed by atoms with E-state index in [-0.39, 0.29) is 5.91 Å². The van der Waals surface area contributed by atoms with Crippen molar-refractivity contribution >= 4 is 23.1 Å². The summed E-state index contributed by atoms with van der Waals surface area (Å²) in [4.78, 5) is 23.2. The van der Waals surface area contributed by atoms with Crippen LogP contribution in [0.2, 0.25) is 0 Å². The third-order valence-corrected chi connectivity index (χ3v) is 3.61. The number of aryl methyl sites for hydroxylation is 1. The second-order valence-electron chi connectivity index (χ2n) is 4.07. The molecule has 0 spiro atoms. The van der Waals surface area contributed by atoms with E-state index < -0.39 is 0 Å². The number of thiazole rings is 1. The summed E-state index contributed by atoms with van der Waals surface area (Å²) in [6.07, 6.45) is 0. The Kier molecular flexibility index (Phi) is 4.08. The normalized spacial score (nSPS) is 10.3. The topological polar surface area (TPSA) is 84.1 Å². The summed E-state index contributed by atoms with van der Waals surface area (Å²) in [6.45, 7) is 2.46. The van der Waals surface area contributed by atoms with Gasteiger partial charge in [-0.15, -0.1) is 11.3 Å². The molecule has 0 atom stereocenters. The molecule has 6 nitrogen and oxygen atoms in total. The highest BCUT2D eigenvalue weighted by atomic mass is 32.1. The second-order valence-corrected chi connectivity index (χ2v) is 5.01. The van der Waals surface area contributed by atoms with Crippen LogP contribution in [0.4, 0.5) is 5.82 Å². The van der Waals surface area contributed by atoms with Crippen molar-refractivity contribution in [1.82, 2.24) is 14.9 Å². The van der Waals surface area contributed by atoms with Crippen molar-refractivity contribution in [3.63, 3.8) is 0 Å². The maximum Gasteiger partial charge on any atom is 0.272 e. The lowest BCUT2D eigenvalue weighted by Gasteiger charge is -2.16. The fourth-order valence-corrected chi connectivity index (χ4v) is 2.42. The molecule has 0 aliphatic heterocycles. The average Bonchev–Trinajstić information content (AvgIpc) is 2.83. The van der Waals surface area contributed by atoms with Gasteiger partial charge in [-0.25, -0.2) is 15.8 Å². The Morgan fingerprint density at radius 3 is 2.95 bits per heavy atom. The predicted octanol–water partition coefficient (Wildman–Crippen LogP) is 1.40. The smallest absolute Gasteiger partial charge is 0.272 e. The molecule has 3 N–H and O–H groups in total. The summed E-state index contributed by atoms with van der Waals surface area (Å²) >= 11 is 1.54. The molecule has 0 aliphatic rings. The minimum absolute atomic E-state index is 0.148. The number of hydrogen-bond donors (Lipinski definition) is 2. The van der Waals surface area contributed by atoms with Crippen LogP contribution in [0.15, 0.2) is 23.7 Å². The van der Waals surface area contributed by atoms with Crippen molar-refractivity contribution < 1.29 is 4.79 Å². The Hall–Kier alpha value is -1.99. The summed E-state index contributed by atoms with van der Waals surface area (Å²) < 4.78 is 0. The number of nitrogens with zero attached hydrogens (tertiary/aromatic N) is 3. The van der Waals surface area contributed by atoms with E-state index >= 15 is 0 Å². The van der Waals surface area contributed by atoms with Gasteiger partial charge in [0.2, 0.25) is 0 Å². The van der Waals surface area contributed by atoms with Gasteiger partial charge in [-0.1, -0.05) is 6.07 Å². The lowest BCUT2D eigenvalue weighted by atomic mass is 10.3. The van der Waals surface area contributed by atoms with Gasteiger partial charge in [0.25, 0.3) is 5.91 Å². The van der Waals surface area contributed by atoms with Crippen LogP contribution in [0.5, 0.6) is 0 Å². The molecule has 0 radical (unpaired) electrons. The SMILES string of the molecule is Cc1ncsc1CN(C)C(=O)c1cccc(NN)n1. The molecule has 0 saturated carbocycles. The number of nitrogen functional groups attached to an aromatic ring is 1. The lowest BCUT2D eigenvalue weighted by Crippen LogP contribution is -2.27. The van der Waals surface area contributed by atoms with Crippen molar-refractivity contribution in [3.05, 3.63) is 40.0 Å². The number of nitrogens with one attached hydrogen (secondary N) is 1. The first kappa shape index (κ1) is 13.4. The summed E-state index contributed by atoms with van der Waals surface area (Å²) in [5.74, 6) is 5.60. The predicted molar refractivity (Wildman–Crippen MR) is 74.7 cm³/mol. The van der Waals surface area contributed by atoms with E-state index in [1.54, 1.807) is 47.0 Å². The molecule has 0 saturated heterocycles. The van der Waals surface area contributed by atoms with Gasteiger partial charge in [0.05, 0.1) is 17.7 Å². The minimum atomic E-state index is -0.148. The van der Waals surface area contributed by atoms with Gasteiger partial charge < -0.3 is 10.3 Å². The number of carbonyl (C=O) groups excluding carboxylic acids is 1. The molecule has 0 unspecified atom stereocenters. The molecule has 2 aromatic heterocycles. The molecule has 0 aliphatic carbocycles. The molecule has 1 amide bonds. The zero-order valence-corrected chi connectivity index (χ0v) is 11.6. The number of carbonyl (C=O) groups is 1. The lowest BCUT2D eigenvalue weighted by molar-refractivity contribution is 0.0780. The molecule has 2 aromatic rings. The van der Waals surface area contributed by atoms with Gasteiger partial charge in [-0.3, -0.25) is 4.79 Å². The van der Waals surface area contributed by atoms with Gasteiger partial charge >= 0.3 is 0 Å². The van der Waals surface area contributed by atoms with Crippen molar-refractivity contribution in [2.75, 3.05) is 12.5 Å². The van der Waals surface area contributed by atoms with E-state index in [1.165, 1.54) is 0 Å². The quantitative estimate of drug-likeness (QED) is 0.652. The molecule has 2 heterocycles. The number of hydrazine groups is 1. The Bertz CT molecular complexity index is 583. The van der Waals surface area contributed by atoms with Crippen LogP contribution in [0, 0.1) is 6.92 Å². The first-order chi connectivity index (χ1) is 9.11. The summed E-state index contributed by atoms with van der Waals surface area (Å²) in [5, 5.41) is 0. The van der Waals surface area contributed by atoms with E-state index in [0.717, 1.165) is 10.6 Å². The van der Waals surface area contributed by atoms with E-state index in [2.05, 4.69) is 15.4 Å². The molecular weight excluding hydrogens is 262 g/mol. The molecular formula is C12H15N5OS. The third-order valence-electron chi connectivity index (χ3n) is 2.69. The Morgan fingerprint density at radius 2 is 2.32 bits per heavy atom. The van der Waals surface area contributed by atoms with Crippen LogP contribution in [-0.2, 0) is 6.54 Å². The number of anilines is 1. The van der Waals surface area contributed by atoms with Crippen molar-refractivity contribution in [1.29, 1.82) is 0 Å². The van der Waals surface area contributed by atoms with Gasteiger partial charge in [-0.05, 0) is 19.1 Å². The summed E-state index contributed by atoms with van der Waals surface area (Å²) in [6, 6.07) is 5.10.